The van der Waals surface area contributed by atoms with Crippen LogP contribution in [0.4, 0.5) is 0 Å². The lowest BCUT2D eigenvalue weighted by Crippen LogP contribution is -2.51. The molecule has 2 saturated heterocycles. The number of carbonyl (C=O) groups is 2. The van der Waals surface area contributed by atoms with E-state index in [2.05, 4.69) is 10.6 Å². The molecule has 1 aromatic rings. The quantitative estimate of drug-likeness (QED) is 0.804. The van der Waals surface area contributed by atoms with Crippen LogP contribution in [0.1, 0.15) is 66.8 Å². The van der Waals surface area contributed by atoms with Gasteiger partial charge in [0.05, 0.1) is 11.6 Å². The molecule has 2 aliphatic heterocycles. The molecule has 2 amide bonds. The van der Waals surface area contributed by atoms with Crippen LogP contribution in [-0.2, 0) is 4.79 Å². The van der Waals surface area contributed by atoms with Gasteiger partial charge in [0.25, 0.3) is 5.91 Å². The van der Waals surface area contributed by atoms with Crippen LogP contribution in [0.2, 0.25) is 0 Å². The van der Waals surface area contributed by atoms with Crippen molar-refractivity contribution in [1.82, 2.24) is 15.5 Å². The lowest BCUT2D eigenvalue weighted by Gasteiger charge is -2.34. The number of hydrogen-bond acceptors (Lipinski definition) is 4. The molecule has 3 atom stereocenters. The van der Waals surface area contributed by atoms with Gasteiger partial charge in [-0.05, 0) is 57.9 Å². The summed E-state index contributed by atoms with van der Waals surface area (Å²) in [6.07, 6.45) is 7.71. The molecule has 3 unspecified atom stereocenters. The summed E-state index contributed by atoms with van der Waals surface area (Å²) in [5.41, 5.74) is 0.615. The smallest absolute Gasteiger partial charge is 0.255 e. The molecule has 28 heavy (non-hydrogen) atoms. The molecule has 1 aromatic heterocycles. The second-order valence-corrected chi connectivity index (χ2v) is 8.51. The van der Waals surface area contributed by atoms with E-state index in [0.29, 0.717) is 23.3 Å². The number of nitrogens with zero attached hydrogens (tertiary/aromatic N) is 1. The Balaban J connectivity index is 0.00000225. The first-order valence-corrected chi connectivity index (χ1v) is 10.4. The molecule has 156 valence electrons. The van der Waals surface area contributed by atoms with E-state index in [-0.39, 0.29) is 36.3 Å². The van der Waals surface area contributed by atoms with Crippen molar-refractivity contribution in [3.8, 4) is 0 Å². The Labute approximate surface area is 173 Å². The van der Waals surface area contributed by atoms with E-state index in [9.17, 15) is 9.59 Å². The van der Waals surface area contributed by atoms with Crippen LogP contribution < -0.4 is 10.6 Å². The first kappa shape index (κ1) is 21.2. The summed E-state index contributed by atoms with van der Waals surface area (Å²) in [6, 6.07) is 2.45. The van der Waals surface area contributed by atoms with Crippen molar-refractivity contribution < 1.29 is 14.0 Å². The lowest BCUT2D eigenvalue weighted by atomic mass is 9.85. The molecule has 3 aliphatic rings. The summed E-state index contributed by atoms with van der Waals surface area (Å²) in [5, 5.41) is 6.70. The third-order valence-electron chi connectivity index (χ3n) is 6.59. The molecule has 7 heteroatoms. The van der Waals surface area contributed by atoms with Crippen molar-refractivity contribution in [2.24, 2.45) is 5.92 Å². The van der Waals surface area contributed by atoms with Gasteiger partial charge in [-0.1, -0.05) is 12.8 Å². The summed E-state index contributed by atoms with van der Waals surface area (Å²) in [4.78, 5) is 27.4. The van der Waals surface area contributed by atoms with E-state index in [1.165, 1.54) is 25.7 Å². The van der Waals surface area contributed by atoms with E-state index < -0.39 is 0 Å². The number of halogens is 1. The third-order valence-corrected chi connectivity index (χ3v) is 6.59. The molecule has 1 saturated carbocycles. The number of likely N-dealkylation sites (tertiary alicyclic amines) is 1. The molecule has 0 radical (unpaired) electrons. The average molecular weight is 410 g/mol. The lowest BCUT2D eigenvalue weighted by molar-refractivity contribution is -0.134. The Morgan fingerprint density at radius 2 is 1.86 bits per heavy atom. The van der Waals surface area contributed by atoms with Gasteiger partial charge in [0, 0.05) is 25.2 Å². The van der Waals surface area contributed by atoms with Crippen molar-refractivity contribution in [3.63, 3.8) is 0 Å². The van der Waals surface area contributed by atoms with E-state index in [1.807, 2.05) is 18.7 Å². The van der Waals surface area contributed by atoms with Crippen molar-refractivity contribution in [2.45, 2.75) is 76.9 Å². The Bertz CT molecular complexity index is 698. The predicted molar refractivity (Wildman–Crippen MR) is 110 cm³/mol. The fourth-order valence-electron chi connectivity index (χ4n) is 5.09. The van der Waals surface area contributed by atoms with Crippen LogP contribution in [0, 0.1) is 19.8 Å². The standard InChI is InChI=1S/C21H31N3O3.ClH/c1-13-11-17(14(2)27-13)20(25)22-16-7-9-24(10-8-16)21(26)19-12-15-5-3-4-6-18(15)23-19;/h11,15-16,18-19,23H,3-10,12H2,1-2H3,(H,22,25);1H. The fraction of sp³-hybridized carbons (Fsp3) is 0.714. The maximum Gasteiger partial charge on any atom is 0.255 e. The normalized spacial score (nSPS) is 27.8. The van der Waals surface area contributed by atoms with Crippen LogP contribution in [-0.4, -0.2) is 47.9 Å². The van der Waals surface area contributed by atoms with E-state index >= 15 is 0 Å². The van der Waals surface area contributed by atoms with Crippen molar-refractivity contribution >= 4 is 24.2 Å². The van der Waals surface area contributed by atoms with Crippen molar-refractivity contribution in [2.75, 3.05) is 13.1 Å². The largest absolute Gasteiger partial charge is 0.466 e. The average Bonchev–Trinajstić information content (AvgIpc) is 3.24. The Kier molecular flexibility index (Phi) is 6.71. The number of fused-ring (bicyclic) bond motifs is 1. The maximum absolute atomic E-state index is 12.9. The second kappa shape index (κ2) is 8.87. The molecule has 2 N–H and O–H groups in total. The highest BCUT2D eigenvalue weighted by molar-refractivity contribution is 5.95. The minimum Gasteiger partial charge on any atom is -0.466 e. The van der Waals surface area contributed by atoms with E-state index in [4.69, 9.17) is 4.42 Å². The number of nitrogens with one attached hydrogen (secondary N) is 2. The summed E-state index contributed by atoms with van der Waals surface area (Å²) >= 11 is 0. The number of hydrogen-bond donors (Lipinski definition) is 2. The molecule has 1 aliphatic carbocycles. The minimum atomic E-state index is -0.0735. The van der Waals surface area contributed by atoms with Gasteiger partial charge in [-0.15, -0.1) is 12.4 Å². The molecule has 0 aromatic carbocycles. The zero-order valence-electron chi connectivity index (χ0n) is 16.8. The second-order valence-electron chi connectivity index (χ2n) is 8.51. The highest BCUT2D eigenvalue weighted by Crippen LogP contribution is 2.34. The van der Waals surface area contributed by atoms with Gasteiger partial charge >= 0.3 is 0 Å². The Hall–Kier alpha value is -1.53. The van der Waals surface area contributed by atoms with Crippen LogP contribution in [0.25, 0.3) is 0 Å². The molecule has 0 spiro atoms. The van der Waals surface area contributed by atoms with E-state index in [1.54, 1.807) is 6.07 Å². The van der Waals surface area contributed by atoms with Crippen LogP contribution >= 0.6 is 12.4 Å². The molecule has 3 fully saturated rings. The van der Waals surface area contributed by atoms with Crippen LogP contribution in [0.15, 0.2) is 10.5 Å². The number of carbonyl (C=O) groups excluding carboxylic acids is 2. The van der Waals surface area contributed by atoms with Gasteiger partial charge in [-0.25, -0.2) is 0 Å². The number of amides is 2. The Morgan fingerprint density at radius 3 is 2.50 bits per heavy atom. The van der Waals surface area contributed by atoms with Crippen molar-refractivity contribution in [3.05, 3.63) is 23.2 Å². The zero-order chi connectivity index (χ0) is 19.0. The predicted octanol–water partition coefficient (Wildman–Crippen LogP) is 2.96. The van der Waals surface area contributed by atoms with Gasteiger partial charge < -0.3 is 20.0 Å². The monoisotopic (exact) mass is 409 g/mol. The van der Waals surface area contributed by atoms with Gasteiger partial charge in [0.2, 0.25) is 5.91 Å². The number of furan rings is 1. The third kappa shape index (κ3) is 4.38. The van der Waals surface area contributed by atoms with Gasteiger partial charge in [-0.2, -0.15) is 0 Å². The SMILES string of the molecule is Cc1cc(C(=O)NC2CCN(C(=O)C3CC4CCCCC4N3)CC2)c(C)o1.Cl. The molecule has 6 nitrogen and oxygen atoms in total. The van der Waals surface area contributed by atoms with Crippen LogP contribution in [0.5, 0.6) is 0 Å². The maximum atomic E-state index is 12.9. The van der Waals surface area contributed by atoms with Crippen molar-refractivity contribution in [1.29, 1.82) is 0 Å². The van der Waals surface area contributed by atoms with Gasteiger partial charge in [-0.3, -0.25) is 9.59 Å². The molecular formula is C21H32ClN3O3. The molecule has 3 heterocycles. The summed E-state index contributed by atoms with van der Waals surface area (Å²) in [5.74, 6) is 2.28. The minimum absolute atomic E-state index is 0. The first-order valence-electron chi connectivity index (χ1n) is 10.4. The zero-order valence-corrected chi connectivity index (χ0v) is 17.6. The van der Waals surface area contributed by atoms with Gasteiger partial charge in [0.15, 0.2) is 0 Å². The number of piperidine rings is 1. The Morgan fingerprint density at radius 1 is 1.14 bits per heavy atom. The molecular weight excluding hydrogens is 378 g/mol. The molecule has 4 rings (SSSR count). The van der Waals surface area contributed by atoms with Crippen LogP contribution in [0.3, 0.4) is 0 Å². The highest BCUT2D eigenvalue weighted by atomic mass is 35.5. The highest BCUT2D eigenvalue weighted by Gasteiger charge is 2.40. The summed E-state index contributed by atoms with van der Waals surface area (Å²) in [7, 11) is 0. The number of aryl methyl sites for hydroxylation is 2. The summed E-state index contributed by atoms with van der Waals surface area (Å²) in [6.45, 7) is 5.11. The van der Waals surface area contributed by atoms with E-state index in [0.717, 1.165) is 38.1 Å². The first-order chi connectivity index (χ1) is 13.0. The number of rotatable bonds is 3. The molecule has 0 bridgehead atoms. The topological polar surface area (TPSA) is 74.6 Å². The van der Waals surface area contributed by atoms with Gasteiger partial charge in [0.1, 0.15) is 11.5 Å². The summed E-state index contributed by atoms with van der Waals surface area (Å²) < 4.78 is 5.45. The fourth-order valence-corrected chi connectivity index (χ4v) is 5.09.